The molecule has 3 nitrogen and oxygen atoms in total. The molecule has 1 heterocycles. The van der Waals surface area contributed by atoms with Crippen molar-refractivity contribution in [1.29, 1.82) is 0 Å². The van der Waals surface area contributed by atoms with Crippen molar-refractivity contribution in [2.24, 2.45) is 11.7 Å². The molecule has 4 heteroatoms. The minimum atomic E-state index is 0.338. The van der Waals surface area contributed by atoms with Gasteiger partial charge in [-0.1, -0.05) is 24.9 Å². The fourth-order valence-electron chi connectivity index (χ4n) is 3.42. The Morgan fingerprint density at radius 1 is 1.40 bits per heavy atom. The summed E-state index contributed by atoms with van der Waals surface area (Å²) in [7, 11) is 2.34. The Bertz CT molecular complexity index is 479. The van der Waals surface area contributed by atoms with Crippen LogP contribution in [0.15, 0.2) is 18.2 Å². The van der Waals surface area contributed by atoms with E-state index in [9.17, 15) is 0 Å². The molecule has 1 aromatic rings. The SMILES string of the molecule is BC1C(C)C1c1ccc(OC2CN(CCN)C2)c(C)c1. The van der Waals surface area contributed by atoms with Gasteiger partial charge in [0.15, 0.2) is 0 Å². The van der Waals surface area contributed by atoms with Crippen molar-refractivity contribution < 1.29 is 4.74 Å². The van der Waals surface area contributed by atoms with Crippen LogP contribution in [-0.4, -0.2) is 45.0 Å². The Morgan fingerprint density at radius 3 is 2.65 bits per heavy atom. The van der Waals surface area contributed by atoms with E-state index in [1.807, 2.05) is 0 Å². The highest BCUT2D eigenvalue weighted by atomic mass is 16.5. The summed E-state index contributed by atoms with van der Waals surface area (Å²) in [4.78, 5) is 2.34. The van der Waals surface area contributed by atoms with E-state index in [4.69, 9.17) is 10.5 Å². The molecule has 2 N–H and O–H groups in total. The molecule has 108 valence electrons. The summed E-state index contributed by atoms with van der Waals surface area (Å²) in [5.41, 5.74) is 8.30. The quantitative estimate of drug-likeness (QED) is 0.818. The van der Waals surface area contributed by atoms with Gasteiger partial charge in [-0.05, 0) is 36.0 Å². The van der Waals surface area contributed by atoms with Crippen molar-refractivity contribution >= 4 is 7.85 Å². The number of nitrogens with two attached hydrogens (primary N) is 1. The summed E-state index contributed by atoms with van der Waals surface area (Å²) in [5, 5.41) is 0. The van der Waals surface area contributed by atoms with E-state index in [1.165, 1.54) is 11.1 Å². The van der Waals surface area contributed by atoms with Crippen LogP contribution in [0.3, 0.4) is 0 Å². The minimum Gasteiger partial charge on any atom is -0.487 e. The third kappa shape index (κ3) is 2.59. The first-order chi connectivity index (χ1) is 9.60. The fraction of sp³-hybridized carbons (Fsp3) is 0.625. The van der Waals surface area contributed by atoms with Crippen molar-refractivity contribution in [2.75, 3.05) is 26.2 Å². The van der Waals surface area contributed by atoms with E-state index >= 15 is 0 Å². The number of aryl methyl sites for hydroxylation is 1. The highest BCUT2D eigenvalue weighted by Gasteiger charge is 2.43. The lowest BCUT2D eigenvalue weighted by atomic mass is 9.96. The summed E-state index contributed by atoms with van der Waals surface area (Å²) in [6.45, 7) is 8.24. The molecule has 3 rings (SSSR count). The first kappa shape index (κ1) is 14.0. The number of nitrogens with zero attached hydrogens (tertiary/aromatic N) is 1. The van der Waals surface area contributed by atoms with Crippen molar-refractivity contribution in [3.8, 4) is 5.75 Å². The second kappa shape index (κ2) is 5.42. The van der Waals surface area contributed by atoms with E-state index in [-0.39, 0.29) is 0 Å². The molecule has 0 aromatic heterocycles. The van der Waals surface area contributed by atoms with E-state index in [1.54, 1.807) is 0 Å². The average molecular weight is 272 g/mol. The van der Waals surface area contributed by atoms with Crippen molar-refractivity contribution in [2.45, 2.75) is 31.7 Å². The lowest BCUT2D eigenvalue weighted by Gasteiger charge is -2.39. The van der Waals surface area contributed by atoms with Gasteiger partial charge < -0.3 is 10.5 Å². The molecule has 1 aliphatic carbocycles. The second-order valence-corrected chi connectivity index (χ2v) is 6.56. The van der Waals surface area contributed by atoms with Gasteiger partial charge in [0.25, 0.3) is 0 Å². The highest BCUT2D eigenvalue weighted by Crippen LogP contribution is 2.56. The number of likely N-dealkylation sites (tertiary alicyclic amines) is 1. The van der Waals surface area contributed by atoms with E-state index < -0.39 is 0 Å². The first-order valence-electron chi connectivity index (χ1n) is 7.79. The lowest BCUT2D eigenvalue weighted by molar-refractivity contribution is 0.0219. The molecule has 2 fully saturated rings. The van der Waals surface area contributed by atoms with Crippen LogP contribution in [-0.2, 0) is 0 Å². The Hall–Kier alpha value is -0.995. The van der Waals surface area contributed by atoms with Gasteiger partial charge in [-0.2, -0.15) is 0 Å². The maximum Gasteiger partial charge on any atom is 0.124 e. The van der Waals surface area contributed by atoms with Gasteiger partial charge in [-0.15, -0.1) is 0 Å². The molecular weight excluding hydrogens is 247 g/mol. The number of ether oxygens (including phenoxy) is 1. The smallest absolute Gasteiger partial charge is 0.124 e. The molecule has 3 atom stereocenters. The molecule has 2 aliphatic rings. The predicted octanol–water partition coefficient (Wildman–Crippen LogP) is 1.17. The van der Waals surface area contributed by atoms with Crippen molar-refractivity contribution in [3.05, 3.63) is 29.3 Å². The highest BCUT2D eigenvalue weighted by molar-refractivity contribution is 6.15. The lowest BCUT2D eigenvalue weighted by Crippen LogP contribution is -2.55. The fourth-order valence-corrected chi connectivity index (χ4v) is 3.42. The monoisotopic (exact) mass is 272 g/mol. The van der Waals surface area contributed by atoms with Crippen molar-refractivity contribution in [1.82, 2.24) is 4.90 Å². The Morgan fingerprint density at radius 2 is 2.10 bits per heavy atom. The van der Waals surface area contributed by atoms with Crippen molar-refractivity contribution in [3.63, 3.8) is 0 Å². The van der Waals surface area contributed by atoms with Crippen LogP contribution in [0, 0.1) is 12.8 Å². The van der Waals surface area contributed by atoms with Gasteiger partial charge in [-0.25, -0.2) is 0 Å². The maximum atomic E-state index is 6.08. The van der Waals surface area contributed by atoms with Gasteiger partial charge in [0.05, 0.1) is 0 Å². The maximum absolute atomic E-state index is 6.08. The van der Waals surface area contributed by atoms with Gasteiger partial charge in [-0.3, -0.25) is 4.90 Å². The zero-order chi connectivity index (χ0) is 14.3. The molecular formula is C16H25BN2O. The zero-order valence-electron chi connectivity index (χ0n) is 12.8. The summed E-state index contributed by atoms with van der Waals surface area (Å²) >= 11 is 0. The summed E-state index contributed by atoms with van der Waals surface area (Å²) in [5.74, 6) is 3.47. The Labute approximate surface area is 122 Å². The van der Waals surface area contributed by atoms with E-state index in [0.29, 0.717) is 6.10 Å². The van der Waals surface area contributed by atoms with Crippen LogP contribution in [0.2, 0.25) is 5.82 Å². The minimum absolute atomic E-state index is 0.338. The van der Waals surface area contributed by atoms with Gasteiger partial charge in [0.2, 0.25) is 0 Å². The molecule has 1 aromatic carbocycles. The van der Waals surface area contributed by atoms with Crippen LogP contribution in [0.5, 0.6) is 5.75 Å². The molecule has 20 heavy (non-hydrogen) atoms. The topological polar surface area (TPSA) is 38.5 Å². The third-order valence-electron chi connectivity index (χ3n) is 5.07. The number of hydrogen-bond donors (Lipinski definition) is 1. The van der Waals surface area contributed by atoms with Gasteiger partial charge in [0.1, 0.15) is 19.7 Å². The molecule has 1 saturated carbocycles. The van der Waals surface area contributed by atoms with Crippen LogP contribution < -0.4 is 10.5 Å². The van der Waals surface area contributed by atoms with Gasteiger partial charge >= 0.3 is 0 Å². The standard InChI is InChI=1S/C16H25BN2O/c1-10-7-12(15-11(2)16(15)17)3-4-14(10)20-13-8-19(9-13)6-5-18/h3-4,7,11,13,15-16H,5-6,8-9,17-18H2,1-2H3. The van der Waals surface area contributed by atoms with E-state index in [2.05, 4.69) is 44.8 Å². The second-order valence-electron chi connectivity index (χ2n) is 6.56. The van der Waals surface area contributed by atoms with Crippen LogP contribution in [0.4, 0.5) is 0 Å². The first-order valence-corrected chi connectivity index (χ1v) is 7.79. The van der Waals surface area contributed by atoms with Gasteiger partial charge in [0, 0.05) is 26.2 Å². The summed E-state index contributed by atoms with van der Waals surface area (Å²) < 4.78 is 6.08. The molecule has 0 amide bonds. The van der Waals surface area contributed by atoms with Crippen LogP contribution in [0.25, 0.3) is 0 Å². The summed E-state index contributed by atoms with van der Waals surface area (Å²) in [6.07, 6.45) is 0.338. The third-order valence-corrected chi connectivity index (χ3v) is 5.07. The zero-order valence-corrected chi connectivity index (χ0v) is 12.8. The molecule has 1 saturated heterocycles. The number of benzene rings is 1. The number of hydrogen-bond acceptors (Lipinski definition) is 3. The molecule has 0 bridgehead atoms. The summed E-state index contributed by atoms with van der Waals surface area (Å²) in [6, 6.07) is 6.73. The predicted molar refractivity (Wildman–Crippen MR) is 85.3 cm³/mol. The molecule has 1 aliphatic heterocycles. The normalized spacial score (nSPS) is 30.1. The van der Waals surface area contributed by atoms with Crippen LogP contribution >= 0.6 is 0 Å². The van der Waals surface area contributed by atoms with Crippen LogP contribution in [0.1, 0.15) is 24.0 Å². The largest absolute Gasteiger partial charge is 0.487 e. The van der Waals surface area contributed by atoms with E-state index in [0.717, 1.165) is 49.6 Å². The Balaban J connectivity index is 1.58. The average Bonchev–Trinajstić information content (AvgIpc) is 2.96. The molecule has 3 unspecified atom stereocenters. The number of rotatable bonds is 5. The molecule has 0 spiro atoms. The Kier molecular flexibility index (Phi) is 3.78. The molecule has 0 radical (unpaired) electrons.